The Morgan fingerprint density at radius 3 is 2.47 bits per heavy atom. The number of carbonyl (C=O) groups excluding carboxylic acids is 1. The van der Waals surface area contributed by atoms with Crippen LogP contribution < -0.4 is 25.6 Å². The fraction of sp³-hybridized carbons (Fsp3) is 0.160. The van der Waals surface area contributed by atoms with Crippen LogP contribution >= 0.6 is 11.6 Å². The molecule has 0 saturated carbocycles. The van der Waals surface area contributed by atoms with Crippen molar-refractivity contribution in [3.63, 3.8) is 0 Å². The average molecular weight is 511 g/mol. The van der Waals surface area contributed by atoms with Crippen LogP contribution in [0.25, 0.3) is 11.0 Å². The Labute approximate surface area is 210 Å². The first-order chi connectivity index (χ1) is 17.4. The molecular formula is C25H21ClF2N6O2. The van der Waals surface area contributed by atoms with Crippen molar-refractivity contribution in [1.29, 1.82) is 0 Å². The van der Waals surface area contributed by atoms with Crippen molar-refractivity contribution in [1.82, 2.24) is 15.3 Å². The molecule has 1 fully saturated rings. The van der Waals surface area contributed by atoms with Crippen LogP contribution in [0.3, 0.4) is 0 Å². The largest absolute Gasteiger partial charge is 0.454 e. The van der Waals surface area contributed by atoms with Gasteiger partial charge in [0.1, 0.15) is 17.4 Å². The highest BCUT2D eigenvalue weighted by Crippen LogP contribution is 2.30. The SMILES string of the molecule is O=C(Nc1ccc(Cl)c(F)c1)Nc1ccc(F)c(Oc2ccc3ncc(N4CCNCC4)nc3c2)c1. The Morgan fingerprint density at radius 2 is 1.69 bits per heavy atom. The lowest BCUT2D eigenvalue weighted by atomic mass is 10.2. The zero-order valence-electron chi connectivity index (χ0n) is 18.9. The highest BCUT2D eigenvalue weighted by atomic mass is 35.5. The van der Waals surface area contributed by atoms with E-state index in [0.717, 1.165) is 38.1 Å². The predicted molar refractivity (Wildman–Crippen MR) is 135 cm³/mol. The predicted octanol–water partition coefficient (Wildman–Crippen LogP) is 5.41. The molecule has 4 aromatic rings. The van der Waals surface area contributed by atoms with Gasteiger partial charge in [0.05, 0.1) is 22.3 Å². The van der Waals surface area contributed by atoms with Crippen molar-refractivity contribution in [3.05, 3.63) is 77.5 Å². The van der Waals surface area contributed by atoms with Crippen LogP contribution in [0, 0.1) is 11.6 Å². The number of urea groups is 1. The van der Waals surface area contributed by atoms with E-state index >= 15 is 0 Å². The van der Waals surface area contributed by atoms with E-state index in [1.54, 1.807) is 24.4 Å². The van der Waals surface area contributed by atoms with Crippen LogP contribution in [-0.4, -0.2) is 42.2 Å². The van der Waals surface area contributed by atoms with E-state index in [1.165, 1.54) is 30.3 Å². The van der Waals surface area contributed by atoms with Gasteiger partial charge in [0.15, 0.2) is 11.6 Å². The number of ether oxygens (including phenoxy) is 1. The Balaban J connectivity index is 1.31. The number of rotatable bonds is 5. The number of hydrogen-bond donors (Lipinski definition) is 3. The number of anilines is 3. The lowest BCUT2D eigenvalue weighted by molar-refractivity contribution is 0.262. The number of benzene rings is 3. The summed E-state index contributed by atoms with van der Waals surface area (Å²) in [5, 5.41) is 8.30. The number of halogens is 3. The number of amides is 2. The Kier molecular flexibility index (Phi) is 6.79. The summed E-state index contributed by atoms with van der Waals surface area (Å²) in [6.07, 6.45) is 1.74. The van der Waals surface area contributed by atoms with Gasteiger partial charge >= 0.3 is 6.03 Å². The van der Waals surface area contributed by atoms with Crippen LogP contribution in [0.1, 0.15) is 0 Å². The molecule has 0 bridgehead atoms. The monoisotopic (exact) mass is 510 g/mol. The zero-order chi connectivity index (χ0) is 25.1. The maximum Gasteiger partial charge on any atom is 0.323 e. The second kappa shape index (κ2) is 10.3. The molecular weight excluding hydrogens is 490 g/mol. The van der Waals surface area contributed by atoms with E-state index in [9.17, 15) is 13.6 Å². The number of aromatic nitrogens is 2. The lowest BCUT2D eigenvalue weighted by Crippen LogP contribution is -2.43. The van der Waals surface area contributed by atoms with Gasteiger partial charge in [0.25, 0.3) is 0 Å². The average Bonchev–Trinajstić information content (AvgIpc) is 2.88. The maximum absolute atomic E-state index is 14.5. The number of nitrogens with one attached hydrogen (secondary N) is 3. The summed E-state index contributed by atoms with van der Waals surface area (Å²) in [6.45, 7) is 3.42. The van der Waals surface area contributed by atoms with Gasteiger partial charge in [-0.05, 0) is 42.5 Å². The summed E-state index contributed by atoms with van der Waals surface area (Å²) in [6, 6.07) is 12.3. The number of fused-ring (bicyclic) bond motifs is 1. The molecule has 11 heteroatoms. The van der Waals surface area contributed by atoms with Crippen LogP contribution in [0.15, 0.2) is 60.8 Å². The zero-order valence-corrected chi connectivity index (χ0v) is 19.6. The first-order valence-electron chi connectivity index (χ1n) is 11.2. The molecule has 5 rings (SSSR count). The highest BCUT2D eigenvalue weighted by molar-refractivity contribution is 6.30. The molecule has 8 nitrogen and oxygen atoms in total. The topological polar surface area (TPSA) is 91.4 Å². The van der Waals surface area contributed by atoms with Crippen molar-refractivity contribution in [3.8, 4) is 11.5 Å². The van der Waals surface area contributed by atoms with Gasteiger partial charge in [-0.15, -0.1) is 0 Å². The molecule has 0 radical (unpaired) electrons. The van der Waals surface area contributed by atoms with E-state index in [1.807, 2.05) is 0 Å². The van der Waals surface area contributed by atoms with E-state index < -0.39 is 17.7 Å². The molecule has 0 unspecified atom stereocenters. The Bertz CT molecular complexity index is 1430. The summed E-state index contributed by atoms with van der Waals surface area (Å²) >= 11 is 5.66. The third-order valence-corrected chi connectivity index (χ3v) is 5.84. The van der Waals surface area contributed by atoms with Crippen molar-refractivity contribution in [2.24, 2.45) is 0 Å². The summed E-state index contributed by atoms with van der Waals surface area (Å²) in [5.41, 5.74) is 1.80. The maximum atomic E-state index is 14.5. The second-order valence-corrected chi connectivity index (χ2v) is 8.48. The molecule has 3 aromatic carbocycles. The molecule has 0 aliphatic carbocycles. The number of hydrogen-bond acceptors (Lipinski definition) is 6. The molecule has 1 aliphatic rings. The first kappa shape index (κ1) is 23.7. The fourth-order valence-corrected chi connectivity index (χ4v) is 3.86. The van der Waals surface area contributed by atoms with Crippen LogP contribution in [0.5, 0.6) is 11.5 Å². The minimum Gasteiger partial charge on any atom is -0.454 e. The van der Waals surface area contributed by atoms with Gasteiger partial charge in [-0.1, -0.05) is 11.6 Å². The third kappa shape index (κ3) is 5.45. The molecule has 1 saturated heterocycles. The van der Waals surface area contributed by atoms with Crippen molar-refractivity contribution < 1.29 is 18.3 Å². The van der Waals surface area contributed by atoms with Crippen LogP contribution in [-0.2, 0) is 0 Å². The van der Waals surface area contributed by atoms with Gasteiger partial charge < -0.3 is 25.6 Å². The van der Waals surface area contributed by atoms with Crippen molar-refractivity contribution in [2.45, 2.75) is 0 Å². The van der Waals surface area contributed by atoms with Gasteiger partial charge in [-0.25, -0.2) is 18.6 Å². The first-order valence-corrected chi connectivity index (χ1v) is 11.6. The molecule has 0 spiro atoms. The third-order valence-electron chi connectivity index (χ3n) is 5.54. The summed E-state index contributed by atoms with van der Waals surface area (Å²) < 4.78 is 33.9. The number of piperazine rings is 1. The summed E-state index contributed by atoms with van der Waals surface area (Å²) in [5.74, 6) is -0.221. The summed E-state index contributed by atoms with van der Waals surface area (Å²) in [7, 11) is 0. The minimum atomic E-state index is -0.660. The van der Waals surface area contributed by atoms with Gasteiger partial charge in [-0.3, -0.25) is 4.98 Å². The molecule has 1 aliphatic heterocycles. The Morgan fingerprint density at radius 1 is 0.944 bits per heavy atom. The van der Waals surface area contributed by atoms with E-state index in [0.29, 0.717) is 16.8 Å². The van der Waals surface area contributed by atoms with E-state index in [4.69, 9.17) is 21.3 Å². The minimum absolute atomic E-state index is 0.0547. The molecule has 2 heterocycles. The normalized spacial score (nSPS) is 13.5. The smallest absolute Gasteiger partial charge is 0.323 e. The lowest BCUT2D eigenvalue weighted by Gasteiger charge is -2.28. The standard InChI is InChI=1S/C25H21ClF2N6O2/c26-18-4-1-15(11-20(18)28)31-25(35)32-16-2-5-19(27)23(12-16)36-17-3-6-21-22(13-17)33-24(14-30-21)34-9-7-29-8-10-34/h1-6,11-14,29H,7-10H2,(H2,31,32,35). The quantitative estimate of drug-likeness (QED) is 0.333. The molecule has 1 aromatic heterocycles. The van der Waals surface area contributed by atoms with E-state index in [2.05, 4.69) is 25.8 Å². The van der Waals surface area contributed by atoms with Crippen LogP contribution in [0.4, 0.5) is 30.8 Å². The highest BCUT2D eigenvalue weighted by Gasteiger charge is 2.14. The molecule has 184 valence electrons. The number of nitrogens with zero attached hydrogens (tertiary/aromatic N) is 3. The van der Waals surface area contributed by atoms with Crippen LogP contribution in [0.2, 0.25) is 5.02 Å². The number of carbonyl (C=O) groups is 1. The van der Waals surface area contributed by atoms with Gasteiger partial charge in [0, 0.05) is 49.7 Å². The summed E-state index contributed by atoms with van der Waals surface area (Å²) in [4.78, 5) is 23.6. The second-order valence-electron chi connectivity index (χ2n) is 8.07. The van der Waals surface area contributed by atoms with Crippen molar-refractivity contribution in [2.75, 3.05) is 41.7 Å². The van der Waals surface area contributed by atoms with Gasteiger partial charge in [0.2, 0.25) is 0 Å². The Hall–Kier alpha value is -4.02. The van der Waals surface area contributed by atoms with E-state index in [-0.39, 0.29) is 22.1 Å². The molecule has 36 heavy (non-hydrogen) atoms. The molecule has 3 N–H and O–H groups in total. The fourth-order valence-electron chi connectivity index (χ4n) is 3.74. The molecule has 2 amide bonds. The van der Waals surface area contributed by atoms with Gasteiger partial charge in [-0.2, -0.15) is 0 Å². The molecule has 0 atom stereocenters. The van der Waals surface area contributed by atoms with Crippen molar-refractivity contribution >= 4 is 45.9 Å².